The summed E-state index contributed by atoms with van der Waals surface area (Å²) < 4.78 is 38.6. The van der Waals surface area contributed by atoms with Gasteiger partial charge in [-0.3, -0.25) is 4.79 Å². The van der Waals surface area contributed by atoms with Gasteiger partial charge in [-0.1, -0.05) is 30.3 Å². The molecule has 3 fully saturated rings. The van der Waals surface area contributed by atoms with Crippen LogP contribution >= 0.6 is 0 Å². The molecule has 0 unspecified atom stereocenters. The molecule has 3 saturated heterocycles. The van der Waals surface area contributed by atoms with Crippen LogP contribution in [0.3, 0.4) is 0 Å². The number of carbonyl (C=O) groups excluding carboxylic acids is 3. The van der Waals surface area contributed by atoms with Gasteiger partial charge in [-0.05, 0) is 71.4 Å². The van der Waals surface area contributed by atoms with Gasteiger partial charge in [0.2, 0.25) is 0 Å². The topological polar surface area (TPSA) is 101 Å². The summed E-state index contributed by atoms with van der Waals surface area (Å²) in [6.07, 6.45) is 0.823. The van der Waals surface area contributed by atoms with Crippen molar-refractivity contribution in [2.75, 3.05) is 57.3 Å². The van der Waals surface area contributed by atoms with Gasteiger partial charge in [0.05, 0.1) is 6.54 Å². The van der Waals surface area contributed by atoms with Crippen molar-refractivity contribution in [3.63, 3.8) is 0 Å². The Hall–Kier alpha value is -5.00. The Morgan fingerprint density at radius 2 is 1.26 bits per heavy atom. The molecule has 3 amide bonds. The highest BCUT2D eigenvalue weighted by Crippen LogP contribution is 2.34. The molecule has 12 heteroatoms. The normalized spacial score (nSPS) is 18.4. The third kappa shape index (κ3) is 10.1. The molecule has 3 aliphatic heterocycles. The summed E-state index contributed by atoms with van der Waals surface area (Å²) in [5, 5.41) is 0. The van der Waals surface area contributed by atoms with Gasteiger partial charge in [0.15, 0.2) is 0 Å². The molecule has 0 saturated carbocycles. The first kappa shape index (κ1) is 38.7. The van der Waals surface area contributed by atoms with Crippen LogP contribution in [0.4, 0.5) is 19.7 Å². The lowest BCUT2D eigenvalue weighted by atomic mass is 10.00. The maximum atomic E-state index is 14.8. The number of amides is 3. The van der Waals surface area contributed by atoms with E-state index >= 15 is 0 Å². The summed E-state index contributed by atoms with van der Waals surface area (Å²) in [7, 11) is 0. The molecule has 0 aliphatic carbocycles. The predicted octanol–water partition coefficient (Wildman–Crippen LogP) is 7.62. The fraction of sp³-hybridized carbons (Fsp3) is 0.500. The van der Waals surface area contributed by atoms with Crippen LogP contribution in [0, 0.1) is 5.82 Å². The number of hydrogen-bond acceptors (Lipinski definition) is 8. The van der Waals surface area contributed by atoms with Crippen molar-refractivity contribution in [2.45, 2.75) is 84.2 Å². The van der Waals surface area contributed by atoms with Crippen LogP contribution in [-0.4, -0.2) is 109 Å². The zero-order chi connectivity index (χ0) is 38.6. The Kier molecular flexibility index (Phi) is 11.6. The molecule has 54 heavy (non-hydrogen) atoms. The van der Waals surface area contributed by atoms with Gasteiger partial charge in [-0.15, -0.1) is 0 Å². The lowest BCUT2D eigenvalue weighted by Gasteiger charge is -2.37. The Balaban J connectivity index is 1.05. The molecule has 3 aromatic carbocycles. The van der Waals surface area contributed by atoms with E-state index in [0.717, 1.165) is 11.1 Å². The number of anilines is 1. The minimum absolute atomic E-state index is 0.0762. The second kappa shape index (κ2) is 16.2. The number of halogens is 1. The summed E-state index contributed by atoms with van der Waals surface area (Å²) in [5.41, 5.74) is 1.86. The first-order chi connectivity index (χ1) is 25.6. The first-order valence-corrected chi connectivity index (χ1v) is 18.9. The minimum Gasteiger partial charge on any atom is -0.490 e. The first-order valence-electron chi connectivity index (χ1n) is 18.9. The molecular weight excluding hydrogens is 691 g/mol. The Morgan fingerprint density at radius 3 is 1.91 bits per heavy atom. The van der Waals surface area contributed by atoms with E-state index in [4.69, 9.17) is 18.9 Å². The number of ether oxygens (including phenoxy) is 4. The zero-order valence-corrected chi connectivity index (χ0v) is 32.3. The molecule has 3 aromatic rings. The van der Waals surface area contributed by atoms with Gasteiger partial charge in [0.25, 0.3) is 5.91 Å². The van der Waals surface area contributed by atoms with Crippen molar-refractivity contribution < 1.29 is 37.7 Å². The van der Waals surface area contributed by atoms with E-state index in [2.05, 4.69) is 0 Å². The molecule has 0 spiro atoms. The van der Waals surface area contributed by atoms with Crippen molar-refractivity contribution in [3.05, 3.63) is 78.1 Å². The smallest absolute Gasteiger partial charge is 0.410 e. The number of piperazine rings is 1. The van der Waals surface area contributed by atoms with Crippen LogP contribution in [0.1, 0.15) is 71.2 Å². The van der Waals surface area contributed by atoms with Crippen molar-refractivity contribution in [3.8, 4) is 22.6 Å². The quantitative estimate of drug-likeness (QED) is 0.244. The fourth-order valence-corrected chi connectivity index (χ4v) is 6.93. The standard InChI is InChI=1S/C42H53FN4O7/c1-41(2,3)53-39(49)46-22-20-44(21-23-46)32-25-31(43)26-35(27-32)51-33-14-17-45(18-15-33)38(48)30-12-13-37(36(24-30)29-10-8-7-9-11-29)52-34-16-19-47(28-34)40(50)54-42(4,5)6/h7-13,24-27,33-34H,14-23,28H2,1-6H3/t34-/m0/s1. The van der Waals surface area contributed by atoms with Gasteiger partial charge >= 0.3 is 12.2 Å². The zero-order valence-electron chi connectivity index (χ0n) is 32.3. The lowest BCUT2D eigenvalue weighted by Crippen LogP contribution is -2.50. The van der Waals surface area contributed by atoms with Gasteiger partial charge in [-0.25, -0.2) is 14.0 Å². The fourth-order valence-electron chi connectivity index (χ4n) is 6.93. The number of rotatable bonds is 7. The van der Waals surface area contributed by atoms with Crippen molar-refractivity contribution in [1.29, 1.82) is 0 Å². The van der Waals surface area contributed by atoms with E-state index in [1.165, 1.54) is 12.1 Å². The van der Waals surface area contributed by atoms with Crippen LogP contribution in [0.15, 0.2) is 66.7 Å². The highest BCUT2D eigenvalue weighted by molar-refractivity contribution is 5.96. The maximum Gasteiger partial charge on any atom is 0.410 e. The van der Waals surface area contributed by atoms with Gasteiger partial charge in [0.1, 0.15) is 40.7 Å². The van der Waals surface area contributed by atoms with Gasteiger partial charge in [-0.2, -0.15) is 0 Å². The number of carbonyl (C=O) groups is 3. The van der Waals surface area contributed by atoms with Crippen LogP contribution in [-0.2, 0) is 9.47 Å². The maximum absolute atomic E-state index is 14.8. The summed E-state index contributed by atoms with van der Waals surface area (Å²) in [6.45, 7) is 15.1. The van der Waals surface area contributed by atoms with E-state index < -0.39 is 11.2 Å². The molecule has 3 aliphatic rings. The SMILES string of the molecule is CC(C)(C)OC(=O)N1CCN(c2cc(F)cc(OC3CCN(C(=O)c4ccc(O[C@H]5CCN(C(=O)OC(C)(C)C)C5)c(-c5ccccc5)c4)CC3)c2)CC1. The average molecular weight is 745 g/mol. The third-order valence-corrected chi connectivity index (χ3v) is 9.59. The van der Waals surface area contributed by atoms with E-state index in [0.29, 0.717) is 94.4 Å². The van der Waals surface area contributed by atoms with Crippen LogP contribution < -0.4 is 14.4 Å². The number of hydrogen-bond donors (Lipinski definition) is 0. The van der Waals surface area contributed by atoms with Crippen LogP contribution in [0.5, 0.6) is 11.5 Å². The Morgan fingerprint density at radius 1 is 0.648 bits per heavy atom. The van der Waals surface area contributed by atoms with Gasteiger partial charge < -0.3 is 38.5 Å². The third-order valence-electron chi connectivity index (χ3n) is 9.59. The van der Waals surface area contributed by atoms with E-state index in [-0.39, 0.29) is 36.1 Å². The molecule has 1 atom stereocenters. The minimum atomic E-state index is -0.573. The van der Waals surface area contributed by atoms with Crippen molar-refractivity contribution >= 4 is 23.8 Å². The molecule has 0 radical (unpaired) electrons. The summed E-state index contributed by atoms with van der Waals surface area (Å²) in [5.74, 6) is 0.636. The van der Waals surface area contributed by atoms with Crippen LogP contribution in [0.2, 0.25) is 0 Å². The average Bonchev–Trinajstić information content (AvgIpc) is 3.59. The number of piperidine rings is 1. The second-order valence-electron chi connectivity index (χ2n) is 16.2. The molecule has 6 rings (SSSR count). The number of likely N-dealkylation sites (tertiary alicyclic amines) is 2. The summed E-state index contributed by atoms with van der Waals surface area (Å²) >= 11 is 0. The highest BCUT2D eigenvalue weighted by atomic mass is 19.1. The van der Waals surface area contributed by atoms with E-state index in [9.17, 15) is 18.8 Å². The molecular formula is C42H53FN4O7. The molecule has 11 nitrogen and oxygen atoms in total. The van der Waals surface area contributed by atoms with Gasteiger partial charge in [0, 0.05) is 94.0 Å². The van der Waals surface area contributed by atoms with E-state index in [1.807, 2.05) is 99.9 Å². The lowest BCUT2D eigenvalue weighted by molar-refractivity contribution is 0.0237. The summed E-state index contributed by atoms with van der Waals surface area (Å²) in [6, 6.07) is 20.1. The predicted molar refractivity (Wildman–Crippen MR) is 205 cm³/mol. The molecule has 0 N–H and O–H groups in total. The van der Waals surface area contributed by atoms with Crippen molar-refractivity contribution in [2.24, 2.45) is 0 Å². The monoisotopic (exact) mass is 744 g/mol. The number of nitrogens with zero attached hydrogens (tertiary/aromatic N) is 4. The Bertz CT molecular complexity index is 1790. The molecule has 3 heterocycles. The highest BCUT2D eigenvalue weighted by Gasteiger charge is 2.32. The Labute approximate surface area is 317 Å². The van der Waals surface area contributed by atoms with Crippen LogP contribution in [0.25, 0.3) is 11.1 Å². The summed E-state index contributed by atoms with van der Waals surface area (Å²) in [4.78, 5) is 46.2. The second-order valence-corrected chi connectivity index (χ2v) is 16.2. The van der Waals surface area contributed by atoms with E-state index in [1.54, 1.807) is 15.9 Å². The van der Waals surface area contributed by atoms with Crippen molar-refractivity contribution in [1.82, 2.24) is 14.7 Å². The molecule has 0 aromatic heterocycles. The molecule has 0 bridgehead atoms. The molecule has 290 valence electrons. The largest absolute Gasteiger partial charge is 0.490 e. The number of benzene rings is 3.